The van der Waals surface area contributed by atoms with Crippen LogP contribution in [0, 0.1) is 5.82 Å². The molecule has 0 saturated carbocycles. The van der Waals surface area contributed by atoms with Crippen LogP contribution >= 0.6 is 0 Å². The molecule has 2 amide bonds. The first kappa shape index (κ1) is 30.8. The molecule has 3 aromatic rings. The topological polar surface area (TPSA) is 105 Å². The Kier molecular flexibility index (Phi) is 10.4. The highest BCUT2D eigenvalue weighted by Crippen LogP contribution is 2.36. The predicted molar refractivity (Wildman–Crippen MR) is 158 cm³/mol. The van der Waals surface area contributed by atoms with Crippen LogP contribution in [0.4, 0.5) is 10.1 Å². The molecule has 0 aromatic heterocycles. The maximum Gasteiger partial charge on any atom is 0.244 e. The summed E-state index contributed by atoms with van der Waals surface area (Å²) in [6.45, 7) is 3.38. The van der Waals surface area contributed by atoms with Gasteiger partial charge in [0, 0.05) is 25.6 Å². The number of halogens is 1. The normalized spacial score (nSPS) is 12.9. The first-order valence-corrected chi connectivity index (χ1v) is 15.6. The molecule has 0 aliphatic carbocycles. The number of nitrogens with one attached hydrogen (secondary N) is 1. The Morgan fingerprint density at radius 2 is 1.67 bits per heavy atom. The zero-order valence-electron chi connectivity index (χ0n) is 23.8. The Morgan fingerprint density at radius 3 is 2.36 bits per heavy atom. The van der Waals surface area contributed by atoms with Crippen molar-refractivity contribution in [2.24, 2.45) is 0 Å². The molecule has 0 saturated heterocycles. The number of sulfonamides is 1. The minimum atomic E-state index is -3.92. The number of rotatable bonds is 14. The molecule has 1 aliphatic heterocycles. The fraction of sp³-hybridized carbons (Fsp3) is 0.355. The molecule has 0 radical (unpaired) electrons. The lowest BCUT2D eigenvalue weighted by molar-refractivity contribution is -0.140. The van der Waals surface area contributed by atoms with Gasteiger partial charge < -0.3 is 19.7 Å². The molecule has 224 valence electrons. The first-order chi connectivity index (χ1) is 20.2. The predicted octanol–water partition coefficient (Wildman–Crippen LogP) is 4.27. The Morgan fingerprint density at radius 1 is 0.952 bits per heavy atom. The van der Waals surface area contributed by atoms with Gasteiger partial charge in [-0.25, -0.2) is 12.8 Å². The van der Waals surface area contributed by atoms with Crippen molar-refractivity contribution in [2.75, 3.05) is 29.9 Å². The van der Waals surface area contributed by atoms with E-state index in [9.17, 15) is 22.4 Å². The number of fused-ring (bicyclic) bond motifs is 1. The second-order valence-electron chi connectivity index (χ2n) is 9.94. The van der Waals surface area contributed by atoms with Crippen LogP contribution in [-0.2, 0) is 32.6 Å². The van der Waals surface area contributed by atoms with E-state index < -0.39 is 34.3 Å². The van der Waals surface area contributed by atoms with Crippen LogP contribution in [0.1, 0.15) is 37.8 Å². The van der Waals surface area contributed by atoms with Gasteiger partial charge >= 0.3 is 0 Å². The van der Waals surface area contributed by atoms with Crippen LogP contribution in [0.25, 0.3) is 0 Å². The number of ether oxygens (including phenoxy) is 2. The molecule has 1 N–H and O–H groups in total. The fourth-order valence-electron chi connectivity index (χ4n) is 4.61. The van der Waals surface area contributed by atoms with E-state index in [1.54, 1.807) is 24.3 Å². The third-order valence-corrected chi connectivity index (χ3v) is 8.73. The average molecular weight is 598 g/mol. The monoisotopic (exact) mass is 597 g/mol. The zero-order chi connectivity index (χ0) is 30.1. The van der Waals surface area contributed by atoms with Gasteiger partial charge in [0.25, 0.3) is 0 Å². The van der Waals surface area contributed by atoms with E-state index in [0.717, 1.165) is 22.7 Å². The highest BCUT2D eigenvalue weighted by Gasteiger charge is 2.34. The van der Waals surface area contributed by atoms with Gasteiger partial charge in [-0.2, -0.15) is 0 Å². The lowest BCUT2D eigenvalue weighted by atomic mass is 10.0. The van der Waals surface area contributed by atoms with Crippen LogP contribution in [0.2, 0.25) is 0 Å². The SMILES string of the molecule is CCCCNC(=O)[C@H](Cc1ccccc1)N(Cc1ccc(F)cc1)C(=O)CN(c1ccc2c(c1)OCO2)S(=O)(=O)CC. The number of amides is 2. The number of nitrogens with zero attached hydrogens (tertiary/aromatic N) is 2. The molecule has 0 spiro atoms. The van der Waals surface area contributed by atoms with Gasteiger partial charge in [-0.05, 0) is 48.7 Å². The minimum Gasteiger partial charge on any atom is -0.454 e. The summed E-state index contributed by atoms with van der Waals surface area (Å²) in [7, 11) is -3.92. The molecule has 42 heavy (non-hydrogen) atoms. The number of carbonyl (C=O) groups is 2. The lowest BCUT2D eigenvalue weighted by Crippen LogP contribution is -2.53. The molecule has 9 nitrogen and oxygen atoms in total. The smallest absolute Gasteiger partial charge is 0.244 e. The second-order valence-corrected chi connectivity index (χ2v) is 12.1. The molecular weight excluding hydrogens is 561 g/mol. The van der Waals surface area contributed by atoms with Crippen molar-refractivity contribution in [3.63, 3.8) is 0 Å². The van der Waals surface area contributed by atoms with Crippen LogP contribution < -0.4 is 19.1 Å². The third kappa shape index (κ3) is 7.79. The minimum absolute atomic E-state index is 0.0119. The number of hydrogen-bond acceptors (Lipinski definition) is 6. The van der Waals surface area contributed by atoms with Crippen molar-refractivity contribution in [3.8, 4) is 11.5 Å². The first-order valence-electron chi connectivity index (χ1n) is 14.0. The van der Waals surface area contributed by atoms with Crippen molar-refractivity contribution in [1.29, 1.82) is 0 Å². The summed E-state index contributed by atoms with van der Waals surface area (Å²) in [5, 5.41) is 2.93. The largest absolute Gasteiger partial charge is 0.454 e. The van der Waals surface area contributed by atoms with Gasteiger partial charge in [0.2, 0.25) is 28.6 Å². The molecule has 1 atom stereocenters. The van der Waals surface area contributed by atoms with E-state index in [1.807, 2.05) is 37.3 Å². The Balaban J connectivity index is 1.72. The molecule has 0 bridgehead atoms. The quantitative estimate of drug-likeness (QED) is 0.279. The van der Waals surface area contributed by atoms with Crippen molar-refractivity contribution in [2.45, 2.75) is 45.7 Å². The van der Waals surface area contributed by atoms with E-state index >= 15 is 0 Å². The van der Waals surface area contributed by atoms with Crippen LogP contribution in [0.3, 0.4) is 0 Å². The Hall–Kier alpha value is -4.12. The van der Waals surface area contributed by atoms with Gasteiger partial charge in [-0.15, -0.1) is 0 Å². The van der Waals surface area contributed by atoms with E-state index in [-0.39, 0.29) is 37.1 Å². The summed E-state index contributed by atoms with van der Waals surface area (Å²) in [5.41, 5.74) is 1.67. The van der Waals surface area contributed by atoms with Gasteiger partial charge in [0.15, 0.2) is 11.5 Å². The molecule has 0 fully saturated rings. The summed E-state index contributed by atoms with van der Waals surface area (Å²) < 4.78 is 52.1. The van der Waals surface area contributed by atoms with E-state index in [1.165, 1.54) is 30.0 Å². The standard InChI is InChI=1S/C31H36FN3O6S/c1-3-5-17-33-31(37)27(18-23-9-7-6-8-10-23)34(20-24-11-13-25(32)14-12-24)30(36)21-35(42(38,39)4-2)26-15-16-28-29(19-26)41-22-40-28/h6-16,19,27H,3-5,17-18,20-22H2,1-2H3,(H,33,37)/t27-/m0/s1. The van der Waals surface area contributed by atoms with Gasteiger partial charge in [0.05, 0.1) is 11.4 Å². The van der Waals surface area contributed by atoms with Crippen molar-refractivity contribution in [1.82, 2.24) is 10.2 Å². The van der Waals surface area contributed by atoms with Crippen molar-refractivity contribution < 1.29 is 31.9 Å². The van der Waals surface area contributed by atoms with Gasteiger partial charge in [-0.1, -0.05) is 55.8 Å². The maximum absolute atomic E-state index is 14.2. The molecule has 11 heteroatoms. The Bertz CT molecular complexity index is 1470. The van der Waals surface area contributed by atoms with E-state index in [4.69, 9.17) is 9.47 Å². The lowest BCUT2D eigenvalue weighted by Gasteiger charge is -2.33. The number of benzene rings is 3. The van der Waals surface area contributed by atoms with Crippen molar-refractivity contribution in [3.05, 3.63) is 89.7 Å². The maximum atomic E-state index is 14.2. The number of anilines is 1. The summed E-state index contributed by atoms with van der Waals surface area (Å²) >= 11 is 0. The van der Waals surface area contributed by atoms with Crippen molar-refractivity contribution >= 4 is 27.5 Å². The number of carbonyl (C=O) groups excluding carboxylic acids is 2. The second kappa shape index (κ2) is 14.2. The van der Waals surface area contributed by atoms with Gasteiger partial charge in [0.1, 0.15) is 18.4 Å². The molecular formula is C31H36FN3O6S. The highest BCUT2D eigenvalue weighted by molar-refractivity contribution is 7.92. The molecule has 1 heterocycles. The van der Waals surface area contributed by atoms with Crippen LogP contribution in [0.5, 0.6) is 11.5 Å². The summed E-state index contributed by atoms with van der Waals surface area (Å²) in [6, 6.07) is 18.7. The van der Waals surface area contributed by atoms with Gasteiger partial charge in [-0.3, -0.25) is 13.9 Å². The average Bonchev–Trinajstić information content (AvgIpc) is 3.47. The molecule has 4 rings (SSSR count). The van der Waals surface area contributed by atoms with Crippen LogP contribution in [0.15, 0.2) is 72.8 Å². The molecule has 1 aliphatic rings. The summed E-state index contributed by atoms with van der Waals surface area (Å²) in [4.78, 5) is 29.2. The molecule has 0 unspecified atom stereocenters. The van der Waals surface area contributed by atoms with E-state index in [0.29, 0.717) is 23.6 Å². The Labute approximate surface area is 246 Å². The van der Waals surface area contributed by atoms with Crippen LogP contribution in [-0.4, -0.2) is 56.8 Å². The highest BCUT2D eigenvalue weighted by atomic mass is 32.2. The summed E-state index contributed by atoms with van der Waals surface area (Å²) in [6.07, 6.45) is 1.85. The number of hydrogen-bond donors (Lipinski definition) is 1. The summed E-state index contributed by atoms with van der Waals surface area (Å²) in [5.74, 6) is -0.771. The van der Waals surface area contributed by atoms with E-state index in [2.05, 4.69) is 5.32 Å². The number of unbranched alkanes of at least 4 members (excludes halogenated alkanes) is 1. The third-order valence-electron chi connectivity index (χ3n) is 6.99. The fourth-order valence-corrected chi connectivity index (χ4v) is 5.66. The zero-order valence-corrected chi connectivity index (χ0v) is 24.6. The molecule has 3 aromatic carbocycles.